The molecule has 2 heterocycles. The van der Waals surface area contributed by atoms with Gasteiger partial charge in [-0.15, -0.1) is 0 Å². The fraction of sp³-hybridized carbons (Fsp3) is 0.417. The molecule has 2 fully saturated rings. The summed E-state index contributed by atoms with van der Waals surface area (Å²) in [6.45, 7) is 6.66. The number of hydrogen-bond acceptors (Lipinski definition) is 4. The highest BCUT2D eigenvalue weighted by Gasteiger charge is 2.46. The van der Waals surface area contributed by atoms with Gasteiger partial charge in [-0.25, -0.2) is 0 Å². The maximum absolute atomic E-state index is 13.2. The van der Waals surface area contributed by atoms with Crippen LogP contribution in [0.25, 0.3) is 0 Å². The molecule has 0 bridgehead atoms. The summed E-state index contributed by atoms with van der Waals surface area (Å²) in [5.74, 6) is -0.0792. The van der Waals surface area contributed by atoms with E-state index in [0.29, 0.717) is 48.9 Å². The van der Waals surface area contributed by atoms with Crippen LogP contribution in [-0.4, -0.2) is 82.5 Å². The molecule has 2 aromatic rings. The molecule has 0 unspecified atom stereocenters. The van der Waals surface area contributed by atoms with Crippen molar-refractivity contribution in [3.05, 3.63) is 70.2 Å². The monoisotopic (exact) mass is 441 g/mol. The molecule has 2 amide bonds. The third-order valence-electron chi connectivity index (χ3n) is 6.44. The lowest BCUT2D eigenvalue weighted by Crippen LogP contribution is -2.72. The number of aliphatic hydroxyl groups is 1. The van der Waals surface area contributed by atoms with E-state index in [0.717, 1.165) is 5.56 Å². The number of carbonyl (C=O) groups excluding carboxylic acids is 2. The molecular weight excluding hydrogens is 414 g/mol. The van der Waals surface area contributed by atoms with Crippen LogP contribution in [0.4, 0.5) is 0 Å². The van der Waals surface area contributed by atoms with Crippen molar-refractivity contribution in [1.29, 1.82) is 0 Å². The van der Waals surface area contributed by atoms with E-state index >= 15 is 0 Å². The van der Waals surface area contributed by atoms with Gasteiger partial charge in [-0.05, 0) is 50.2 Å². The van der Waals surface area contributed by atoms with Crippen LogP contribution in [0.3, 0.4) is 0 Å². The number of aryl methyl sites for hydroxylation is 1. The summed E-state index contributed by atoms with van der Waals surface area (Å²) < 4.78 is 0. The Bertz CT molecular complexity index is 961. The number of halogens is 1. The van der Waals surface area contributed by atoms with Gasteiger partial charge in [-0.1, -0.05) is 29.3 Å². The van der Waals surface area contributed by atoms with Gasteiger partial charge in [0.25, 0.3) is 11.8 Å². The fourth-order valence-corrected chi connectivity index (χ4v) is 4.80. The maximum atomic E-state index is 13.2. The van der Waals surface area contributed by atoms with E-state index in [2.05, 4.69) is 4.90 Å². The zero-order chi connectivity index (χ0) is 22.2. The van der Waals surface area contributed by atoms with Crippen LogP contribution in [0.2, 0.25) is 5.02 Å². The van der Waals surface area contributed by atoms with Gasteiger partial charge in [0.05, 0.1) is 12.1 Å². The molecule has 0 aliphatic carbocycles. The highest BCUT2D eigenvalue weighted by atomic mass is 35.5. The second-order valence-corrected chi connectivity index (χ2v) is 9.25. The predicted molar refractivity (Wildman–Crippen MR) is 120 cm³/mol. The number of benzene rings is 2. The smallest absolute Gasteiger partial charge is 0.253 e. The quantitative estimate of drug-likeness (QED) is 0.795. The molecule has 4 rings (SSSR count). The van der Waals surface area contributed by atoms with Crippen molar-refractivity contribution >= 4 is 23.4 Å². The minimum absolute atomic E-state index is 0.00602. The van der Waals surface area contributed by atoms with Gasteiger partial charge in [0.15, 0.2) is 0 Å². The van der Waals surface area contributed by atoms with E-state index in [1.807, 2.05) is 43.0 Å². The Hall–Kier alpha value is -2.41. The zero-order valence-electron chi connectivity index (χ0n) is 17.9. The standard InChI is InChI=1S/C24H28ClN3O3/c1-17-3-5-18(6-4-17)22(30)26-11-12-28-21(13-26)14-27(15-24(28,2)16-29)23(31)19-7-9-20(25)10-8-19/h3-10,21,29H,11-16H2,1-2H3/t21-,24-/m0/s1. The number of piperazine rings is 2. The molecule has 31 heavy (non-hydrogen) atoms. The van der Waals surface area contributed by atoms with Crippen LogP contribution in [0, 0.1) is 6.92 Å². The predicted octanol–water partition coefficient (Wildman–Crippen LogP) is 2.68. The van der Waals surface area contributed by atoms with Gasteiger partial charge >= 0.3 is 0 Å². The molecule has 0 spiro atoms. The van der Waals surface area contributed by atoms with Crippen molar-refractivity contribution < 1.29 is 14.7 Å². The van der Waals surface area contributed by atoms with Gasteiger partial charge in [0.1, 0.15) is 0 Å². The minimum Gasteiger partial charge on any atom is -0.394 e. The molecule has 2 aliphatic heterocycles. The third-order valence-corrected chi connectivity index (χ3v) is 6.70. The van der Waals surface area contributed by atoms with E-state index in [1.165, 1.54) is 0 Å². The van der Waals surface area contributed by atoms with Gasteiger partial charge < -0.3 is 14.9 Å². The Balaban J connectivity index is 1.54. The van der Waals surface area contributed by atoms with E-state index in [4.69, 9.17) is 11.6 Å². The van der Waals surface area contributed by atoms with E-state index in [1.54, 1.807) is 29.2 Å². The number of carbonyl (C=O) groups is 2. The lowest BCUT2D eigenvalue weighted by molar-refractivity contribution is -0.0783. The summed E-state index contributed by atoms with van der Waals surface area (Å²) in [4.78, 5) is 32.1. The second kappa shape index (κ2) is 8.61. The molecule has 2 atom stereocenters. The third kappa shape index (κ3) is 4.33. The van der Waals surface area contributed by atoms with Crippen LogP contribution in [0.1, 0.15) is 33.2 Å². The molecule has 1 N–H and O–H groups in total. The Kier molecular flexibility index (Phi) is 6.06. The topological polar surface area (TPSA) is 64.1 Å². The zero-order valence-corrected chi connectivity index (χ0v) is 18.7. The van der Waals surface area contributed by atoms with Crippen molar-refractivity contribution in [1.82, 2.24) is 14.7 Å². The van der Waals surface area contributed by atoms with Gasteiger partial charge in [-0.2, -0.15) is 0 Å². The number of aliphatic hydroxyl groups excluding tert-OH is 1. The van der Waals surface area contributed by atoms with Crippen molar-refractivity contribution in [3.8, 4) is 0 Å². The van der Waals surface area contributed by atoms with Crippen molar-refractivity contribution in [3.63, 3.8) is 0 Å². The number of amides is 2. The summed E-state index contributed by atoms with van der Waals surface area (Å²) in [7, 11) is 0. The van der Waals surface area contributed by atoms with Gasteiger partial charge in [0, 0.05) is 54.9 Å². The van der Waals surface area contributed by atoms with Gasteiger partial charge in [0.2, 0.25) is 0 Å². The molecular formula is C24H28ClN3O3. The molecule has 2 aromatic carbocycles. The van der Waals surface area contributed by atoms with Crippen LogP contribution < -0.4 is 0 Å². The van der Waals surface area contributed by atoms with Crippen LogP contribution in [-0.2, 0) is 0 Å². The Morgan fingerprint density at radius 3 is 2.13 bits per heavy atom. The number of nitrogens with zero attached hydrogens (tertiary/aromatic N) is 3. The van der Waals surface area contributed by atoms with E-state index in [-0.39, 0.29) is 24.5 Å². The molecule has 0 aromatic heterocycles. The average molecular weight is 442 g/mol. The summed E-state index contributed by atoms with van der Waals surface area (Å²) in [6.07, 6.45) is 0. The fourth-order valence-electron chi connectivity index (χ4n) is 4.68. The first kappa shape index (κ1) is 21.8. The van der Waals surface area contributed by atoms with Crippen LogP contribution >= 0.6 is 11.6 Å². The van der Waals surface area contributed by atoms with Crippen molar-refractivity contribution in [2.45, 2.75) is 25.4 Å². The maximum Gasteiger partial charge on any atom is 0.253 e. The molecule has 2 aliphatic rings. The summed E-state index contributed by atoms with van der Waals surface area (Å²) >= 11 is 5.96. The molecule has 0 saturated carbocycles. The van der Waals surface area contributed by atoms with Crippen molar-refractivity contribution in [2.75, 3.05) is 39.3 Å². The molecule has 164 valence electrons. The van der Waals surface area contributed by atoms with E-state index in [9.17, 15) is 14.7 Å². The number of fused-ring (bicyclic) bond motifs is 1. The first-order valence-corrected chi connectivity index (χ1v) is 11.0. The highest BCUT2D eigenvalue weighted by Crippen LogP contribution is 2.30. The summed E-state index contributed by atoms with van der Waals surface area (Å²) in [5.41, 5.74) is 1.81. The Morgan fingerprint density at radius 2 is 1.52 bits per heavy atom. The SMILES string of the molecule is Cc1ccc(C(=O)N2CCN3[C@@H](C2)CN(C(=O)c2ccc(Cl)cc2)C[C@@]3(C)CO)cc1. The normalized spacial score (nSPS) is 24.1. The summed E-state index contributed by atoms with van der Waals surface area (Å²) in [5, 5.41) is 10.8. The second-order valence-electron chi connectivity index (χ2n) is 8.81. The molecule has 6 nitrogen and oxygen atoms in total. The molecule has 0 radical (unpaired) electrons. The molecule has 2 saturated heterocycles. The highest BCUT2D eigenvalue weighted by molar-refractivity contribution is 6.30. The number of hydrogen-bond donors (Lipinski definition) is 1. The van der Waals surface area contributed by atoms with Crippen molar-refractivity contribution in [2.24, 2.45) is 0 Å². The lowest BCUT2D eigenvalue weighted by atomic mass is 9.91. The van der Waals surface area contributed by atoms with Crippen LogP contribution in [0.15, 0.2) is 48.5 Å². The first-order chi connectivity index (χ1) is 14.8. The first-order valence-electron chi connectivity index (χ1n) is 10.6. The Morgan fingerprint density at radius 1 is 0.968 bits per heavy atom. The average Bonchev–Trinajstić information content (AvgIpc) is 2.78. The molecule has 7 heteroatoms. The van der Waals surface area contributed by atoms with Gasteiger partial charge in [-0.3, -0.25) is 14.5 Å². The number of rotatable bonds is 3. The Labute approximate surface area is 188 Å². The minimum atomic E-state index is -0.552. The van der Waals surface area contributed by atoms with Crippen LogP contribution in [0.5, 0.6) is 0 Å². The van der Waals surface area contributed by atoms with E-state index < -0.39 is 5.54 Å². The summed E-state index contributed by atoms with van der Waals surface area (Å²) in [6, 6.07) is 14.4. The largest absolute Gasteiger partial charge is 0.394 e. The lowest BCUT2D eigenvalue weighted by Gasteiger charge is -2.56.